The maximum atomic E-state index is 9.29. The van der Waals surface area contributed by atoms with E-state index in [1.54, 1.807) is 7.11 Å². The molecular formula is C16H16N2O2S. The second-order valence-corrected chi connectivity index (χ2v) is 5.89. The molecule has 0 radical (unpaired) electrons. The molecule has 0 amide bonds. The van der Waals surface area contributed by atoms with Crippen LogP contribution in [0.1, 0.15) is 36.3 Å². The predicted octanol–water partition coefficient (Wildman–Crippen LogP) is 3.97. The number of thiazole rings is 1. The van der Waals surface area contributed by atoms with Crippen molar-refractivity contribution in [3.05, 3.63) is 28.8 Å². The number of ether oxygens (including phenoxy) is 2. The van der Waals surface area contributed by atoms with Crippen LogP contribution in [0.15, 0.2) is 18.2 Å². The Morgan fingerprint density at radius 3 is 2.86 bits per heavy atom. The molecule has 1 aromatic heterocycles. The van der Waals surface area contributed by atoms with Gasteiger partial charge in [0.05, 0.1) is 25.0 Å². The van der Waals surface area contributed by atoms with Crippen molar-refractivity contribution < 1.29 is 9.47 Å². The largest absolute Gasteiger partial charge is 0.493 e. The number of nitrogens with zero attached hydrogens (tertiary/aromatic N) is 2. The monoisotopic (exact) mass is 300 g/mol. The molecule has 1 aliphatic carbocycles. The first kappa shape index (κ1) is 13.9. The molecule has 0 unspecified atom stereocenters. The summed E-state index contributed by atoms with van der Waals surface area (Å²) in [6.07, 6.45) is 2.27. The van der Waals surface area contributed by atoms with Gasteiger partial charge in [0.1, 0.15) is 16.0 Å². The Kier molecular flexibility index (Phi) is 3.80. The van der Waals surface area contributed by atoms with Gasteiger partial charge in [-0.3, -0.25) is 0 Å². The van der Waals surface area contributed by atoms with Gasteiger partial charge >= 0.3 is 0 Å². The van der Waals surface area contributed by atoms with Crippen LogP contribution in [0.3, 0.4) is 0 Å². The summed E-state index contributed by atoms with van der Waals surface area (Å²) in [4.78, 5) is 5.41. The van der Waals surface area contributed by atoms with Gasteiger partial charge in [0.15, 0.2) is 11.5 Å². The number of aromatic nitrogens is 1. The van der Waals surface area contributed by atoms with Crippen molar-refractivity contribution in [1.82, 2.24) is 4.98 Å². The Morgan fingerprint density at radius 2 is 2.24 bits per heavy atom. The number of para-hydroxylation sites is 1. The summed E-state index contributed by atoms with van der Waals surface area (Å²) in [6, 6.07) is 8.02. The molecule has 0 bridgehead atoms. The van der Waals surface area contributed by atoms with Gasteiger partial charge in [-0.15, -0.1) is 11.3 Å². The van der Waals surface area contributed by atoms with Crippen molar-refractivity contribution in [3.63, 3.8) is 0 Å². The fourth-order valence-corrected chi connectivity index (χ4v) is 3.27. The third-order valence-electron chi connectivity index (χ3n) is 3.44. The average Bonchev–Trinajstić information content (AvgIpc) is 3.27. The standard InChI is InChI=1S/C16H16N2O2S/c1-3-20-15-11(5-4-6-12(15)19-2)16-18-14(10-7-8-10)13(9-17)21-16/h4-6,10H,3,7-8H2,1-2H3. The van der Waals surface area contributed by atoms with Gasteiger partial charge in [-0.2, -0.15) is 5.26 Å². The smallest absolute Gasteiger partial charge is 0.171 e. The first-order valence-electron chi connectivity index (χ1n) is 6.99. The van der Waals surface area contributed by atoms with E-state index in [4.69, 9.17) is 14.5 Å². The molecule has 0 atom stereocenters. The highest BCUT2D eigenvalue weighted by atomic mass is 32.1. The van der Waals surface area contributed by atoms with Crippen LogP contribution in [0.25, 0.3) is 10.6 Å². The van der Waals surface area contributed by atoms with E-state index in [0.29, 0.717) is 24.0 Å². The van der Waals surface area contributed by atoms with E-state index >= 15 is 0 Å². The normalized spacial score (nSPS) is 13.8. The van der Waals surface area contributed by atoms with Crippen LogP contribution in [0.5, 0.6) is 11.5 Å². The molecule has 1 aromatic carbocycles. The molecule has 4 nitrogen and oxygen atoms in total. The van der Waals surface area contributed by atoms with Crippen molar-refractivity contribution >= 4 is 11.3 Å². The molecule has 5 heteroatoms. The molecule has 1 saturated carbocycles. The van der Waals surface area contributed by atoms with Crippen molar-refractivity contribution in [2.24, 2.45) is 0 Å². The maximum absolute atomic E-state index is 9.29. The third-order valence-corrected chi connectivity index (χ3v) is 4.45. The van der Waals surface area contributed by atoms with Gasteiger partial charge in [0, 0.05) is 5.92 Å². The zero-order valence-corrected chi connectivity index (χ0v) is 12.9. The third kappa shape index (κ3) is 2.59. The Bertz CT molecular complexity index is 699. The van der Waals surface area contributed by atoms with Gasteiger partial charge < -0.3 is 9.47 Å². The first-order valence-corrected chi connectivity index (χ1v) is 7.81. The van der Waals surface area contributed by atoms with Crippen molar-refractivity contribution in [2.75, 3.05) is 13.7 Å². The lowest BCUT2D eigenvalue weighted by Crippen LogP contribution is -1.97. The summed E-state index contributed by atoms with van der Waals surface area (Å²) >= 11 is 1.43. The lowest BCUT2D eigenvalue weighted by molar-refractivity contribution is 0.312. The van der Waals surface area contributed by atoms with Crippen molar-refractivity contribution in [2.45, 2.75) is 25.7 Å². The lowest BCUT2D eigenvalue weighted by Gasteiger charge is -2.12. The average molecular weight is 300 g/mol. The van der Waals surface area contributed by atoms with E-state index in [0.717, 1.165) is 34.0 Å². The minimum atomic E-state index is 0.464. The molecule has 3 rings (SSSR count). The zero-order chi connectivity index (χ0) is 14.8. The topological polar surface area (TPSA) is 55.1 Å². The fraction of sp³-hybridized carbons (Fsp3) is 0.375. The minimum Gasteiger partial charge on any atom is -0.493 e. The fourth-order valence-electron chi connectivity index (χ4n) is 2.30. The Labute approximate surface area is 128 Å². The van der Waals surface area contributed by atoms with E-state index in [1.165, 1.54) is 11.3 Å². The molecule has 108 valence electrons. The van der Waals surface area contributed by atoms with Crippen molar-refractivity contribution in [1.29, 1.82) is 5.26 Å². The molecule has 0 aliphatic heterocycles. The number of methoxy groups -OCH3 is 1. The number of nitriles is 1. The highest BCUT2D eigenvalue weighted by Gasteiger charge is 2.30. The van der Waals surface area contributed by atoms with Gasteiger partial charge in [0.25, 0.3) is 0 Å². The molecule has 0 N–H and O–H groups in total. The maximum Gasteiger partial charge on any atom is 0.171 e. The van der Waals surface area contributed by atoms with Crippen LogP contribution in [0.2, 0.25) is 0 Å². The molecule has 0 spiro atoms. The molecule has 1 heterocycles. The minimum absolute atomic E-state index is 0.464. The van der Waals surface area contributed by atoms with E-state index in [-0.39, 0.29) is 0 Å². The van der Waals surface area contributed by atoms with Crippen LogP contribution < -0.4 is 9.47 Å². The summed E-state index contributed by atoms with van der Waals surface area (Å²) in [5.41, 5.74) is 1.84. The van der Waals surface area contributed by atoms with Gasteiger partial charge in [0.2, 0.25) is 0 Å². The molecule has 21 heavy (non-hydrogen) atoms. The first-order chi connectivity index (χ1) is 10.3. The highest BCUT2D eigenvalue weighted by molar-refractivity contribution is 7.15. The lowest BCUT2D eigenvalue weighted by atomic mass is 10.2. The number of rotatable bonds is 5. The second kappa shape index (κ2) is 5.74. The van der Waals surface area contributed by atoms with Gasteiger partial charge in [-0.1, -0.05) is 6.07 Å². The van der Waals surface area contributed by atoms with Crippen LogP contribution in [-0.4, -0.2) is 18.7 Å². The quantitative estimate of drug-likeness (QED) is 0.838. The van der Waals surface area contributed by atoms with Gasteiger partial charge in [-0.05, 0) is 31.9 Å². The van der Waals surface area contributed by atoms with Crippen LogP contribution in [0, 0.1) is 11.3 Å². The summed E-state index contributed by atoms with van der Waals surface area (Å²) in [7, 11) is 1.62. The summed E-state index contributed by atoms with van der Waals surface area (Å²) in [5, 5.41) is 10.1. The summed E-state index contributed by atoms with van der Waals surface area (Å²) in [5.74, 6) is 1.85. The Morgan fingerprint density at radius 1 is 1.43 bits per heavy atom. The zero-order valence-electron chi connectivity index (χ0n) is 12.0. The number of hydrogen-bond donors (Lipinski definition) is 0. The Balaban J connectivity index is 2.10. The summed E-state index contributed by atoms with van der Waals surface area (Å²) in [6.45, 7) is 2.49. The molecule has 0 saturated heterocycles. The van der Waals surface area contributed by atoms with Crippen molar-refractivity contribution in [3.8, 4) is 28.1 Å². The van der Waals surface area contributed by atoms with E-state index in [1.807, 2.05) is 25.1 Å². The SMILES string of the molecule is CCOc1c(OC)cccc1-c1nc(C2CC2)c(C#N)s1. The van der Waals surface area contributed by atoms with E-state index < -0.39 is 0 Å². The number of hydrogen-bond acceptors (Lipinski definition) is 5. The molecule has 1 fully saturated rings. The summed E-state index contributed by atoms with van der Waals surface area (Å²) < 4.78 is 11.1. The highest BCUT2D eigenvalue weighted by Crippen LogP contribution is 2.46. The van der Waals surface area contributed by atoms with Crippen LogP contribution in [-0.2, 0) is 0 Å². The Hall–Kier alpha value is -2.06. The molecule has 1 aliphatic rings. The second-order valence-electron chi connectivity index (χ2n) is 4.89. The predicted molar refractivity (Wildman–Crippen MR) is 82.0 cm³/mol. The van der Waals surface area contributed by atoms with Crippen LogP contribution in [0.4, 0.5) is 0 Å². The van der Waals surface area contributed by atoms with E-state index in [9.17, 15) is 5.26 Å². The molecule has 2 aromatic rings. The van der Waals surface area contributed by atoms with E-state index in [2.05, 4.69) is 6.07 Å². The number of benzene rings is 1. The molecular weight excluding hydrogens is 284 g/mol. The van der Waals surface area contributed by atoms with Gasteiger partial charge in [-0.25, -0.2) is 4.98 Å². The van der Waals surface area contributed by atoms with Crippen LogP contribution >= 0.6 is 11.3 Å².